The maximum Gasteiger partial charge on any atom is 0.122 e. The molecule has 0 bridgehead atoms. The molecule has 1 heterocycles. The lowest BCUT2D eigenvalue weighted by molar-refractivity contribution is 0.506. The van der Waals surface area contributed by atoms with Crippen LogP contribution in [0.3, 0.4) is 0 Å². The Morgan fingerprint density at radius 2 is 2.00 bits per heavy atom. The van der Waals surface area contributed by atoms with Gasteiger partial charge in [0, 0.05) is 18.8 Å². The predicted molar refractivity (Wildman–Crippen MR) is 61.8 cm³/mol. The van der Waals surface area contributed by atoms with E-state index < -0.39 is 0 Å². The fourth-order valence-electron chi connectivity index (χ4n) is 2.31. The number of rotatable bonds is 3. The van der Waals surface area contributed by atoms with Crippen LogP contribution in [0.1, 0.15) is 42.9 Å². The minimum absolute atomic E-state index is 0.724. The smallest absolute Gasteiger partial charge is 0.122 e. The van der Waals surface area contributed by atoms with Crippen LogP contribution in [0.15, 0.2) is 0 Å². The van der Waals surface area contributed by atoms with Gasteiger partial charge in [0.2, 0.25) is 0 Å². The maximum atomic E-state index is 4.57. The molecular weight excluding hydrogens is 186 g/mol. The Bertz CT molecular complexity index is 335. The van der Waals surface area contributed by atoms with Crippen LogP contribution in [0.4, 0.5) is 0 Å². The molecule has 84 valence electrons. The first-order valence-electron chi connectivity index (χ1n) is 5.90. The molecule has 1 fully saturated rings. The molecule has 0 atom stereocenters. The molecule has 1 aliphatic carbocycles. The van der Waals surface area contributed by atoms with Crippen LogP contribution < -0.4 is 5.32 Å². The van der Waals surface area contributed by atoms with Crippen molar-refractivity contribution in [3.05, 3.63) is 17.2 Å². The highest BCUT2D eigenvalue weighted by Gasteiger charge is 2.15. The van der Waals surface area contributed by atoms with Gasteiger partial charge in [0.05, 0.1) is 12.2 Å². The highest BCUT2D eigenvalue weighted by Crippen LogP contribution is 2.18. The molecule has 15 heavy (non-hydrogen) atoms. The lowest BCUT2D eigenvalue weighted by Crippen LogP contribution is -2.26. The second-order valence-corrected chi connectivity index (χ2v) is 4.62. The van der Waals surface area contributed by atoms with Crippen LogP contribution in [-0.4, -0.2) is 15.6 Å². The molecule has 1 aromatic heterocycles. The Kier molecular flexibility index (Phi) is 3.10. The van der Waals surface area contributed by atoms with Crippen molar-refractivity contribution in [1.82, 2.24) is 14.9 Å². The van der Waals surface area contributed by atoms with Gasteiger partial charge in [-0.05, 0) is 26.7 Å². The quantitative estimate of drug-likeness (QED) is 0.822. The van der Waals surface area contributed by atoms with Crippen molar-refractivity contribution in [3.63, 3.8) is 0 Å². The van der Waals surface area contributed by atoms with Crippen LogP contribution in [0, 0.1) is 13.8 Å². The maximum absolute atomic E-state index is 4.57. The number of nitrogens with zero attached hydrogens (tertiary/aromatic N) is 2. The molecule has 0 saturated heterocycles. The van der Waals surface area contributed by atoms with Gasteiger partial charge in [-0.1, -0.05) is 12.8 Å². The van der Waals surface area contributed by atoms with Gasteiger partial charge in [-0.3, -0.25) is 0 Å². The van der Waals surface area contributed by atoms with Gasteiger partial charge in [0.25, 0.3) is 0 Å². The predicted octanol–water partition coefficient (Wildman–Crippen LogP) is 2.07. The molecule has 1 aromatic rings. The third-order valence-electron chi connectivity index (χ3n) is 3.61. The summed E-state index contributed by atoms with van der Waals surface area (Å²) in [6, 6.07) is 0.724. The van der Waals surface area contributed by atoms with E-state index in [1.165, 1.54) is 31.4 Å². The molecule has 0 amide bonds. The number of aromatic nitrogens is 2. The van der Waals surface area contributed by atoms with E-state index in [4.69, 9.17) is 0 Å². The number of aryl methyl sites for hydroxylation is 1. The number of imidazole rings is 1. The fourth-order valence-corrected chi connectivity index (χ4v) is 2.31. The van der Waals surface area contributed by atoms with E-state index in [1.807, 2.05) is 0 Å². The summed E-state index contributed by atoms with van der Waals surface area (Å²) in [5, 5.41) is 3.60. The zero-order valence-corrected chi connectivity index (χ0v) is 10.0. The summed E-state index contributed by atoms with van der Waals surface area (Å²) in [4.78, 5) is 4.57. The molecule has 3 nitrogen and oxygen atoms in total. The minimum atomic E-state index is 0.724. The molecular formula is C12H21N3. The Hall–Kier alpha value is -0.830. The normalized spacial score (nSPS) is 17.5. The summed E-state index contributed by atoms with van der Waals surface area (Å²) < 4.78 is 2.19. The second-order valence-electron chi connectivity index (χ2n) is 4.62. The summed E-state index contributed by atoms with van der Waals surface area (Å²) in [6.07, 6.45) is 5.44. The Balaban J connectivity index is 1.95. The SMILES string of the molecule is Cc1nc(CNC2CCCC2)n(C)c1C. The highest BCUT2D eigenvalue weighted by atomic mass is 15.1. The number of hydrogen-bond donors (Lipinski definition) is 1. The summed E-state index contributed by atoms with van der Waals surface area (Å²) in [5.74, 6) is 1.16. The van der Waals surface area contributed by atoms with Crippen LogP contribution in [0.25, 0.3) is 0 Å². The van der Waals surface area contributed by atoms with E-state index in [1.54, 1.807) is 0 Å². The van der Waals surface area contributed by atoms with E-state index in [0.717, 1.165) is 24.1 Å². The first kappa shape index (κ1) is 10.7. The van der Waals surface area contributed by atoms with Crippen molar-refractivity contribution in [3.8, 4) is 0 Å². The fraction of sp³-hybridized carbons (Fsp3) is 0.750. The molecule has 1 saturated carbocycles. The van der Waals surface area contributed by atoms with E-state index in [2.05, 4.69) is 35.8 Å². The molecule has 0 radical (unpaired) electrons. The summed E-state index contributed by atoms with van der Waals surface area (Å²) in [6.45, 7) is 5.12. The van der Waals surface area contributed by atoms with Crippen molar-refractivity contribution in [2.24, 2.45) is 7.05 Å². The van der Waals surface area contributed by atoms with Gasteiger partial charge in [-0.25, -0.2) is 4.98 Å². The van der Waals surface area contributed by atoms with Crippen molar-refractivity contribution >= 4 is 0 Å². The van der Waals surface area contributed by atoms with Gasteiger partial charge in [0.15, 0.2) is 0 Å². The van der Waals surface area contributed by atoms with E-state index >= 15 is 0 Å². The first-order valence-corrected chi connectivity index (χ1v) is 5.90. The number of nitrogens with one attached hydrogen (secondary N) is 1. The molecule has 0 unspecified atom stereocenters. The zero-order chi connectivity index (χ0) is 10.8. The van der Waals surface area contributed by atoms with Crippen molar-refractivity contribution in [2.75, 3.05) is 0 Å². The Morgan fingerprint density at radius 1 is 1.33 bits per heavy atom. The molecule has 0 aromatic carbocycles. The molecule has 1 aliphatic rings. The minimum Gasteiger partial charge on any atom is -0.334 e. The highest BCUT2D eigenvalue weighted by molar-refractivity contribution is 5.13. The third kappa shape index (κ3) is 2.23. The standard InChI is InChI=1S/C12H21N3/c1-9-10(2)15(3)12(14-9)8-13-11-6-4-5-7-11/h11,13H,4-8H2,1-3H3. The molecule has 0 aliphatic heterocycles. The molecule has 3 heteroatoms. The van der Waals surface area contributed by atoms with E-state index in [-0.39, 0.29) is 0 Å². The van der Waals surface area contributed by atoms with Crippen LogP contribution >= 0.6 is 0 Å². The second kappa shape index (κ2) is 4.35. The molecule has 0 spiro atoms. The zero-order valence-electron chi connectivity index (χ0n) is 10.0. The monoisotopic (exact) mass is 207 g/mol. The van der Waals surface area contributed by atoms with E-state index in [0.29, 0.717) is 0 Å². The van der Waals surface area contributed by atoms with Crippen LogP contribution in [0.5, 0.6) is 0 Å². The van der Waals surface area contributed by atoms with Crippen LogP contribution in [-0.2, 0) is 13.6 Å². The third-order valence-corrected chi connectivity index (χ3v) is 3.61. The summed E-state index contributed by atoms with van der Waals surface area (Å²) in [7, 11) is 2.10. The lowest BCUT2D eigenvalue weighted by atomic mass is 10.2. The average Bonchev–Trinajstić information content (AvgIpc) is 2.80. The average molecular weight is 207 g/mol. The lowest BCUT2D eigenvalue weighted by Gasteiger charge is -2.11. The van der Waals surface area contributed by atoms with Gasteiger partial charge in [-0.2, -0.15) is 0 Å². The summed E-state index contributed by atoms with van der Waals surface area (Å²) >= 11 is 0. The van der Waals surface area contributed by atoms with Gasteiger partial charge >= 0.3 is 0 Å². The molecule has 2 rings (SSSR count). The Labute approximate surface area is 91.9 Å². The van der Waals surface area contributed by atoms with Crippen LogP contribution in [0.2, 0.25) is 0 Å². The van der Waals surface area contributed by atoms with Crippen molar-refractivity contribution in [2.45, 2.75) is 52.1 Å². The number of hydrogen-bond acceptors (Lipinski definition) is 2. The van der Waals surface area contributed by atoms with Gasteiger partial charge < -0.3 is 9.88 Å². The summed E-state index contributed by atoms with van der Waals surface area (Å²) in [5.41, 5.74) is 2.43. The largest absolute Gasteiger partial charge is 0.334 e. The molecule has 1 N–H and O–H groups in total. The van der Waals surface area contributed by atoms with Crippen molar-refractivity contribution in [1.29, 1.82) is 0 Å². The topological polar surface area (TPSA) is 29.9 Å². The van der Waals surface area contributed by atoms with Crippen molar-refractivity contribution < 1.29 is 0 Å². The van der Waals surface area contributed by atoms with Gasteiger partial charge in [0.1, 0.15) is 5.82 Å². The van der Waals surface area contributed by atoms with E-state index in [9.17, 15) is 0 Å². The van der Waals surface area contributed by atoms with Gasteiger partial charge in [-0.15, -0.1) is 0 Å². The first-order chi connectivity index (χ1) is 7.18. The Morgan fingerprint density at radius 3 is 2.53 bits per heavy atom.